The smallest absolute Gasteiger partial charge is 0.328 e. The highest BCUT2D eigenvalue weighted by Crippen LogP contribution is 2.21. The van der Waals surface area contributed by atoms with Crippen LogP contribution < -0.4 is 26.6 Å². The average molecular weight is 683 g/mol. The zero-order valence-electron chi connectivity index (χ0n) is 30.1. The van der Waals surface area contributed by atoms with E-state index in [2.05, 4.69) is 38.1 Å². The molecule has 0 bridgehead atoms. The number of aromatic nitrogens is 1. The molecule has 3 amide bonds. The number of ether oxygens (including phenoxy) is 2. The van der Waals surface area contributed by atoms with Crippen molar-refractivity contribution in [2.24, 2.45) is 0 Å². The lowest BCUT2D eigenvalue weighted by Gasteiger charge is -2.23. The van der Waals surface area contributed by atoms with Gasteiger partial charge in [0.1, 0.15) is 17.3 Å². The van der Waals surface area contributed by atoms with Crippen molar-refractivity contribution in [2.75, 3.05) is 32.1 Å². The van der Waals surface area contributed by atoms with E-state index in [0.717, 1.165) is 62.6 Å². The molecule has 12 nitrogen and oxygen atoms in total. The fourth-order valence-corrected chi connectivity index (χ4v) is 5.10. The van der Waals surface area contributed by atoms with Crippen molar-refractivity contribution in [1.29, 1.82) is 0 Å². The molecule has 1 heterocycles. The van der Waals surface area contributed by atoms with Gasteiger partial charge in [0.2, 0.25) is 11.8 Å². The Morgan fingerprint density at radius 2 is 1.55 bits per heavy atom. The van der Waals surface area contributed by atoms with Crippen LogP contribution in [-0.2, 0) is 30.4 Å². The Bertz CT molecular complexity index is 1320. The van der Waals surface area contributed by atoms with Crippen LogP contribution in [0, 0.1) is 6.92 Å². The van der Waals surface area contributed by atoms with Gasteiger partial charge in [0.25, 0.3) is 5.91 Å². The van der Waals surface area contributed by atoms with Crippen LogP contribution in [0.25, 0.3) is 0 Å². The van der Waals surface area contributed by atoms with Crippen LogP contribution in [0.1, 0.15) is 107 Å². The number of carbonyl (C=O) groups excluding carboxylic acids is 4. The predicted molar refractivity (Wildman–Crippen MR) is 193 cm³/mol. The summed E-state index contributed by atoms with van der Waals surface area (Å²) in [5, 5.41) is 14.9. The van der Waals surface area contributed by atoms with Crippen molar-refractivity contribution in [3.05, 3.63) is 65.8 Å². The molecule has 0 saturated carbocycles. The highest BCUT2D eigenvalue weighted by Gasteiger charge is 2.25. The molecule has 2 rings (SSSR count). The number of methoxy groups -OCH3 is 1. The van der Waals surface area contributed by atoms with Gasteiger partial charge in [-0.1, -0.05) is 56.0 Å². The first-order valence-electron chi connectivity index (χ1n) is 17.4. The first-order valence-corrected chi connectivity index (χ1v) is 17.4. The van der Waals surface area contributed by atoms with Gasteiger partial charge in [0, 0.05) is 25.7 Å². The monoisotopic (exact) mass is 682 g/mol. The lowest BCUT2D eigenvalue weighted by Crippen LogP contribution is -2.42. The highest BCUT2D eigenvalue weighted by atomic mass is 16.5. The molecule has 0 unspecified atom stereocenters. The predicted octanol–water partition coefficient (Wildman–Crippen LogP) is 5.22. The maximum Gasteiger partial charge on any atom is 0.328 e. The van der Waals surface area contributed by atoms with E-state index in [1.807, 2.05) is 51.1 Å². The highest BCUT2D eigenvalue weighted by molar-refractivity contribution is 6.04. The number of benzene rings is 1. The summed E-state index contributed by atoms with van der Waals surface area (Å²) in [7, 11) is 1.29. The summed E-state index contributed by atoms with van der Waals surface area (Å²) < 4.78 is 10.6. The molecule has 0 saturated heterocycles. The van der Waals surface area contributed by atoms with Gasteiger partial charge in [0.05, 0.1) is 19.3 Å². The van der Waals surface area contributed by atoms with Crippen molar-refractivity contribution in [3.63, 3.8) is 0 Å². The van der Waals surface area contributed by atoms with Gasteiger partial charge in [-0.25, -0.2) is 4.79 Å². The Labute approximate surface area is 291 Å². The first kappa shape index (κ1) is 40.9. The van der Waals surface area contributed by atoms with E-state index in [4.69, 9.17) is 9.47 Å². The molecule has 0 aliphatic carbocycles. The molecule has 272 valence electrons. The van der Waals surface area contributed by atoms with Crippen molar-refractivity contribution in [1.82, 2.24) is 26.3 Å². The molecule has 2 aromatic rings. The van der Waals surface area contributed by atoms with Crippen LogP contribution in [0.2, 0.25) is 0 Å². The van der Waals surface area contributed by atoms with Crippen molar-refractivity contribution in [3.8, 4) is 0 Å². The van der Waals surface area contributed by atoms with Crippen LogP contribution >= 0.6 is 0 Å². The normalized spacial score (nSPS) is 11.7. The van der Waals surface area contributed by atoms with E-state index >= 15 is 0 Å². The second kappa shape index (κ2) is 22.3. The summed E-state index contributed by atoms with van der Waals surface area (Å²) in [5.74, 6) is -0.721. The van der Waals surface area contributed by atoms with Gasteiger partial charge >= 0.3 is 5.97 Å². The lowest BCUT2D eigenvalue weighted by atomic mass is 10.1. The Morgan fingerprint density at radius 1 is 0.878 bits per heavy atom. The molecule has 6 N–H and O–H groups in total. The quantitative estimate of drug-likeness (QED) is 0.0499. The number of H-pyrrole nitrogens is 1. The van der Waals surface area contributed by atoms with Crippen molar-refractivity contribution in [2.45, 2.75) is 110 Å². The Kier molecular flexibility index (Phi) is 18.6. The third-order valence-electron chi connectivity index (χ3n) is 7.66. The number of unbranched alkanes of at least 4 members (excludes halogenated alkanes) is 6. The number of amides is 3. The summed E-state index contributed by atoms with van der Waals surface area (Å²) in [6, 6.07) is 8.99. The van der Waals surface area contributed by atoms with E-state index in [0.29, 0.717) is 50.5 Å². The van der Waals surface area contributed by atoms with E-state index in [1.165, 1.54) is 7.11 Å². The second-order valence-corrected chi connectivity index (χ2v) is 13.2. The molecule has 1 aromatic heterocycles. The van der Waals surface area contributed by atoms with E-state index in [1.54, 1.807) is 13.1 Å². The molecular weight excluding hydrogens is 624 g/mol. The zero-order chi connectivity index (χ0) is 36.1. The Hall–Kier alpha value is -4.32. The summed E-state index contributed by atoms with van der Waals surface area (Å²) in [6.45, 7) is 13.7. The number of anilines is 1. The van der Waals surface area contributed by atoms with Crippen LogP contribution in [-0.4, -0.2) is 67.1 Å². The van der Waals surface area contributed by atoms with Gasteiger partial charge in [-0.2, -0.15) is 0 Å². The van der Waals surface area contributed by atoms with E-state index in [9.17, 15) is 19.2 Å². The zero-order valence-corrected chi connectivity index (χ0v) is 30.1. The summed E-state index contributed by atoms with van der Waals surface area (Å²) in [6.07, 6.45) is 9.55. The fraction of sp³-hybridized carbons (Fsp3) is 0.568. The molecule has 1 atom stereocenters. The van der Waals surface area contributed by atoms with Crippen LogP contribution in [0.15, 0.2) is 49.0 Å². The summed E-state index contributed by atoms with van der Waals surface area (Å²) in [4.78, 5) is 53.3. The van der Waals surface area contributed by atoms with Crippen molar-refractivity contribution >= 4 is 29.4 Å². The minimum Gasteiger partial charge on any atom is -0.474 e. The number of aryl methyl sites for hydroxylation is 1. The Balaban J connectivity index is 1.63. The number of rotatable bonds is 24. The lowest BCUT2D eigenvalue weighted by molar-refractivity contribution is -0.143. The van der Waals surface area contributed by atoms with Crippen molar-refractivity contribution < 1.29 is 28.7 Å². The first-order chi connectivity index (χ1) is 23.4. The number of nitrogens with one attached hydrogen (secondary N) is 6. The fourth-order valence-electron chi connectivity index (χ4n) is 5.10. The number of hydrogen-bond donors (Lipinski definition) is 6. The van der Waals surface area contributed by atoms with Gasteiger partial charge in [-0.05, 0) is 84.0 Å². The maximum atomic E-state index is 13.2. The minimum absolute atomic E-state index is 0.0137. The standard InChI is InChI=1S/C37H58N6O6/c1-27-24-41-34(35(46)42-30(36(47)48-6)20-15-17-23-39-28(2)49-37(3,4)5)33(27)43-31(44)21-14-9-7-8-10-16-22-38-26-32(45)40-25-29-18-12-11-13-19-29/h11-13,18-19,24,30,38-39,41H,2,7-10,14-17,20-23,25-26H2,1,3-6H3,(H,40,45)(H,42,46)(H,43,44)/t30-/m1/s1. The largest absolute Gasteiger partial charge is 0.474 e. The van der Waals surface area contributed by atoms with Gasteiger partial charge in [-0.15, -0.1) is 0 Å². The maximum absolute atomic E-state index is 13.2. The van der Waals surface area contributed by atoms with E-state index in [-0.39, 0.29) is 23.1 Å². The van der Waals surface area contributed by atoms with E-state index < -0.39 is 17.9 Å². The third-order valence-corrected chi connectivity index (χ3v) is 7.66. The molecule has 0 fully saturated rings. The van der Waals surface area contributed by atoms with Gasteiger partial charge in [-0.3, -0.25) is 14.4 Å². The topological polar surface area (TPSA) is 163 Å². The SMILES string of the molecule is C=C(NCCCC[C@@H](NC(=O)c1[nH]cc(C)c1NC(=O)CCCCCCCCNCC(=O)NCc1ccccc1)C(=O)OC)OC(C)(C)C. The average Bonchev–Trinajstić information content (AvgIpc) is 3.42. The molecule has 1 aromatic carbocycles. The molecule has 49 heavy (non-hydrogen) atoms. The number of esters is 1. The number of carbonyl (C=O) groups is 4. The molecule has 0 aliphatic heterocycles. The molecule has 0 radical (unpaired) electrons. The Morgan fingerprint density at radius 3 is 2.24 bits per heavy atom. The molecule has 0 aliphatic rings. The van der Waals surface area contributed by atoms with Crippen LogP contribution in [0.4, 0.5) is 5.69 Å². The summed E-state index contributed by atoms with van der Waals surface area (Å²) >= 11 is 0. The second-order valence-electron chi connectivity index (χ2n) is 13.2. The van der Waals surface area contributed by atoms with Gasteiger partial charge in [0.15, 0.2) is 5.88 Å². The number of aromatic amines is 1. The molecule has 0 spiro atoms. The minimum atomic E-state index is -0.834. The molecule has 12 heteroatoms. The summed E-state index contributed by atoms with van der Waals surface area (Å²) in [5.41, 5.74) is 2.06. The van der Waals surface area contributed by atoms with Crippen LogP contribution in [0.5, 0.6) is 0 Å². The van der Waals surface area contributed by atoms with Crippen LogP contribution in [0.3, 0.4) is 0 Å². The third kappa shape index (κ3) is 17.6. The van der Waals surface area contributed by atoms with Gasteiger partial charge < -0.3 is 41.0 Å². The number of hydrogen-bond acceptors (Lipinski definition) is 8. The molecular formula is C37H58N6O6.